The van der Waals surface area contributed by atoms with Crippen LogP contribution < -0.4 is 0 Å². The molecule has 0 amide bonds. The minimum absolute atomic E-state index is 0.382. The van der Waals surface area contributed by atoms with Crippen molar-refractivity contribution in [1.82, 2.24) is 0 Å². The van der Waals surface area contributed by atoms with Crippen molar-refractivity contribution in [2.24, 2.45) is 0 Å². The second kappa shape index (κ2) is 2.52. The van der Waals surface area contributed by atoms with E-state index in [4.69, 9.17) is 5.11 Å². The van der Waals surface area contributed by atoms with Crippen molar-refractivity contribution in [2.45, 2.75) is 13.0 Å². The van der Waals surface area contributed by atoms with Crippen LogP contribution >= 0.6 is 0 Å². The van der Waals surface area contributed by atoms with Gasteiger partial charge in [0.2, 0.25) is 6.04 Å². The molecule has 0 aromatic rings. The molecule has 0 aromatic carbocycles. The van der Waals surface area contributed by atoms with Gasteiger partial charge in [0.05, 0.1) is 0 Å². The van der Waals surface area contributed by atoms with Gasteiger partial charge in [0.25, 0.3) is 0 Å². The normalized spacial score (nSPS) is 13.4. The van der Waals surface area contributed by atoms with E-state index in [0.717, 1.165) is 0 Å². The Labute approximate surface area is 40.9 Å². The molecule has 0 bridgehead atoms. The van der Waals surface area contributed by atoms with Gasteiger partial charge >= 0.3 is 0 Å². The maximum absolute atomic E-state index is 9.58. The Morgan fingerprint density at radius 2 is 2.43 bits per heavy atom. The number of aliphatic hydroxyl groups is 1. The molecule has 0 aliphatic carbocycles. The minimum atomic E-state index is -0.819. The molecule has 0 aliphatic heterocycles. The molecule has 0 fully saturated rings. The van der Waals surface area contributed by atoms with Gasteiger partial charge in [-0.3, -0.25) is 10.1 Å². The fourth-order valence-corrected chi connectivity index (χ4v) is 0.0667. The molecule has 0 rings (SSSR count). The third kappa shape index (κ3) is 2.11. The molecule has 1 atom stereocenters. The lowest BCUT2D eigenvalue weighted by molar-refractivity contribution is -0.521. The highest BCUT2D eigenvalue weighted by Crippen LogP contribution is 1.81. The zero-order valence-electron chi connectivity index (χ0n) is 4.00. The average Bonchev–Trinajstić information content (AvgIpc) is 1.65. The summed E-state index contributed by atoms with van der Waals surface area (Å²) in [5.74, 6) is 0. The summed E-state index contributed by atoms with van der Waals surface area (Å²) < 4.78 is 0. The van der Waals surface area contributed by atoms with Gasteiger partial charge in [0.1, 0.15) is 6.61 Å². The van der Waals surface area contributed by atoms with Gasteiger partial charge in [-0.15, -0.1) is 0 Å². The van der Waals surface area contributed by atoms with Crippen LogP contribution in [0.25, 0.3) is 0 Å². The Morgan fingerprint density at radius 3 is 2.43 bits per heavy atom. The van der Waals surface area contributed by atoms with Crippen LogP contribution in [0.3, 0.4) is 0 Å². The van der Waals surface area contributed by atoms with Gasteiger partial charge in [0.15, 0.2) is 0 Å². The maximum atomic E-state index is 9.58. The molecule has 0 saturated heterocycles. The van der Waals surface area contributed by atoms with Crippen LogP contribution in [0.1, 0.15) is 6.92 Å². The highest BCUT2D eigenvalue weighted by molar-refractivity contribution is 4.39. The second-order valence-corrected chi connectivity index (χ2v) is 1.32. The van der Waals surface area contributed by atoms with E-state index in [0.29, 0.717) is 0 Å². The predicted molar refractivity (Wildman–Crippen MR) is 23.5 cm³/mol. The van der Waals surface area contributed by atoms with Gasteiger partial charge < -0.3 is 5.11 Å². The lowest BCUT2D eigenvalue weighted by atomic mass is 10.4. The molecule has 1 N–H and O–H groups in total. The standard InChI is InChI=1S/C3H7NO3/c1-3(2-5)4(6)7/h3,5H,2H2,1H3. The number of rotatable bonds is 2. The molecular formula is C3H7NO3. The van der Waals surface area contributed by atoms with Gasteiger partial charge in [-0.1, -0.05) is 0 Å². The summed E-state index contributed by atoms with van der Waals surface area (Å²) in [5.41, 5.74) is 0. The first kappa shape index (κ1) is 6.36. The quantitative estimate of drug-likeness (QED) is 0.385. The van der Waals surface area contributed by atoms with Gasteiger partial charge in [-0.25, -0.2) is 0 Å². The fourth-order valence-electron chi connectivity index (χ4n) is 0.0667. The Morgan fingerprint density at radius 1 is 2.00 bits per heavy atom. The largest absolute Gasteiger partial charge is 0.389 e. The fraction of sp³-hybridized carbons (Fsp3) is 1.00. The van der Waals surface area contributed by atoms with Crippen molar-refractivity contribution in [3.05, 3.63) is 10.1 Å². The molecule has 1 unspecified atom stereocenters. The van der Waals surface area contributed by atoms with Gasteiger partial charge in [-0.2, -0.15) is 0 Å². The van der Waals surface area contributed by atoms with E-state index in [-0.39, 0.29) is 6.61 Å². The van der Waals surface area contributed by atoms with E-state index in [2.05, 4.69) is 0 Å². The monoisotopic (exact) mass is 105 g/mol. The van der Waals surface area contributed by atoms with Crippen LogP contribution in [0.4, 0.5) is 0 Å². The lowest BCUT2D eigenvalue weighted by Crippen LogP contribution is -2.18. The molecule has 0 spiro atoms. The second-order valence-electron chi connectivity index (χ2n) is 1.32. The van der Waals surface area contributed by atoms with Crippen LogP contribution in [-0.2, 0) is 0 Å². The molecule has 0 aliphatic rings. The molecule has 4 heteroatoms. The summed E-state index contributed by atoms with van der Waals surface area (Å²) in [4.78, 5) is 9.05. The van der Waals surface area contributed by atoms with E-state index in [1.807, 2.05) is 0 Å². The van der Waals surface area contributed by atoms with E-state index in [9.17, 15) is 10.1 Å². The summed E-state index contributed by atoms with van der Waals surface area (Å²) in [6, 6.07) is -0.819. The summed E-state index contributed by atoms with van der Waals surface area (Å²) in [7, 11) is 0. The smallest absolute Gasteiger partial charge is 0.233 e. The van der Waals surface area contributed by atoms with Crippen molar-refractivity contribution in [2.75, 3.05) is 6.61 Å². The number of hydrogen-bond donors (Lipinski definition) is 1. The van der Waals surface area contributed by atoms with Crippen molar-refractivity contribution >= 4 is 0 Å². The zero-order valence-corrected chi connectivity index (χ0v) is 4.00. The molecule has 42 valence electrons. The molecule has 0 heterocycles. The third-order valence-electron chi connectivity index (χ3n) is 0.624. The Kier molecular flexibility index (Phi) is 2.29. The number of aliphatic hydroxyl groups excluding tert-OH is 1. The van der Waals surface area contributed by atoms with Crippen LogP contribution in [-0.4, -0.2) is 22.7 Å². The Balaban J connectivity index is 3.34. The van der Waals surface area contributed by atoms with Crippen molar-refractivity contribution in [1.29, 1.82) is 0 Å². The molecular weight excluding hydrogens is 98.0 g/mol. The first-order valence-corrected chi connectivity index (χ1v) is 1.93. The zero-order chi connectivity index (χ0) is 5.86. The van der Waals surface area contributed by atoms with Crippen molar-refractivity contribution in [3.8, 4) is 0 Å². The molecule has 4 nitrogen and oxygen atoms in total. The molecule has 0 radical (unpaired) electrons. The molecule has 7 heavy (non-hydrogen) atoms. The van der Waals surface area contributed by atoms with Crippen LogP contribution in [0.15, 0.2) is 0 Å². The molecule has 0 aromatic heterocycles. The van der Waals surface area contributed by atoms with Crippen molar-refractivity contribution in [3.63, 3.8) is 0 Å². The minimum Gasteiger partial charge on any atom is -0.389 e. The van der Waals surface area contributed by atoms with E-state index in [1.165, 1.54) is 6.92 Å². The summed E-state index contributed by atoms with van der Waals surface area (Å²) >= 11 is 0. The number of nitrogens with zero attached hydrogens (tertiary/aromatic N) is 1. The molecule has 0 saturated carbocycles. The van der Waals surface area contributed by atoms with Gasteiger partial charge in [-0.05, 0) is 0 Å². The highest BCUT2D eigenvalue weighted by atomic mass is 16.6. The summed E-state index contributed by atoms with van der Waals surface area (Å²) in [6.45, 7) is 0.965. The number of hydrogen-bond acceptors (Lipinski definition) is 3. The SMILES string of the molecule is CC(CO)[N+](=O)[O-]. The number of nitro groups is 1. The topological polar surface area (TPSA) is 63.4 Å². The van der Waals surface area contributed by atoms with E-state index in [1.54, 1.807) is 0 Å². The Hall–Kier alpha value is -0.640. The van der Waals surface area contributed by atoms with Gasteiger partial charge in [0, 0.05) is 11.8 Å². The summed E-state index contributed by atoms with van der Waals surface area (Å²) in [5, 5.41) is 17.6. The predicted octanol–water partition coefficient (Wildman–Crippen LogP) is -0.356. The first-order valence-electron chi connectivity index (χ1n) is 1.93. The van der Waals surface area contributed by atoms with Crippen LogP contribution in [0.2, 0.25) is 0 Å². The average molecular weight is 105 g/mol. The maximum Gasteiger partial charge on any atom is 0.233 e. The summed E-state index contributed by atoms with van der Waals surface area (Å²) in [6.07, 6.45) is 0. The third-order valence-corrected chi connectivity index (χ3v) is 0.624. The highest BCUT2D eigenvalue weighted by Gasteiger charge is 2.07. The van der Waals surface area contributed by atoms with E-state index >= 15 is 0 Å². The Bertz CT molecular complexity index is 72.6. The lowest BCUT2D eigenvalue weighted by Gasteiger charge is -1.94. The first-order chi connectivity index (χ1) is 3.18. The van der Waals surface area contributed by atoms with Crippen molar-refractivity contribution < 1.29 is 10.0 Å². The van der Waals surface area contributed by atoms with Crippen LogP contribution in [0, 0.1) is 10.1 Å². The van der Waals surface area contributed by atoms with Crippen LogP contribution in [0.5, 0.6) is 0 Å². The van der Waals surface area contributed by atoms with E-state index < -0.39 is 11.0 Å².